The highest BCUT2D eigenvalue weighted by Crippen LogP contribution is 2.34. The molecule has 0 aliphatic heterocycles. The zero-order valence-corrected chi connectivity index (χ0v) is 14.2. The van der Waals surface area contributed by atoms with Crippen LogP contribution < -0.4 is 0 Å². The number of hydrogen-bond acceptors (Lipinski definition) is 5. The number of likely N-dealkylation sites (N-methyl/N-ethyl adjacent to an activating group) is 1. The third-order valence-electron chi connectivity index (χ3n) is 4.63. The Bertz CT molecular complexity index is 611. The third-order valence-corrected chi connectivity index (χ3v) is 4.85. The van der Waals surface area contributed by atoms with E-state index in [1.807, 2.05) is 0 Å². The predicted octanol–water partition coefficient (Wildman–Crippen LogP) is 3.64. The molecule has 6 nitrogen and oxygen atoms in total. The molecule has 0 atom stereocenters. The van der Waals surface area contributed by atoms with E-state index in [0.29, 0.717) is 6.54 Å². The van der Waals surface area contributed by atoms with Gasteiger partial charge in [-0.25, -0.2) is 0 Å². The van der Waals surface area contributed by atoms with Gasteiger partial charge in [0.2, 0.25) is 5.75 Å². The molecular formula is C16H22ClN3O3. The van der Waals surface area contributed by atoms with Crippen molar-refractivity contribution in [2.45, 2.75) is 37.6 Å². The van der Waals surface area contributed by atoms with Crippen molar-refractivity contribution in [1.29, 1.82) is 0 Å². The van der Waals surface area contributed by atoms with Crippen LogP contribution in [0.15, 0.2) is 17.1 Å². The Hall–Kier alpha value is -1.66. The normalized spacial score (nSPS) is 17.7. The molecule has 1 aliphatic carbocycles. The first kappa shape index (κ1) is 17.7. The van der Waals surface area contributed by atoms with Crippen molar-refractivity contribution >= 4 is 23.5 Å². The lowest BCUT2D eigenvalue weighted by molar-refractivity contribution is -0.385. The average molecular weight is 340 g/mol. The standard InChI is InChI=1S/C16H22ClN3O3/c1-19(2)16(6-4-3-5-7-16)11-18-10-12-8-13(17)9-14(15(12)21)20(22)23/h8-10,21H,3-7,11H2,1-2H3. The maximum atomic E-state index is 10.9. The van der Waals surface area contributed by atoms with Gasteiger partial charge in [0.15, 0.2) is 0 Å². The molecule has 0 bridgehead atoms. The van der Waals surface area contributed by atoms with E-state index in [1.165, 1.54) is 31.5 Å². The highest BCUT2D eigenvalue weighted by molar-refractivity contribution is 6.31. The molecule has 1 N–H and O–H groups in total. The molecule has 0 saturated heterocycles. The molecule has 0 aromatic heterocycles. The predicted molar refractivity (Wildman–Crippen MR) is 91.7 cm³/mol. The fourth-order valence-electron chi connectivity index (χ4n) is 3.11. The minimum Gasteiger partial charge on any atom is -0.502 e. The van der Waals surface area contributed by atoms with E-state index in [0.717, 1.165) is 18.9 Å². The molecule has 0 radical (unpaired) electrons. The van der Waals surface area contributed by atoms with Crippen molar-refractivity contribution in [1.82, 2.24) is 4.90 Å². The highest BCUT2D eigenvalue weighted by atomic mass is 35.5. The number of halogens is 1. The SMILES string of the molecule is CN(C)C1(CN=Cc2cc(Cl)cc([N+](=O)[O-])c2O)CCCCC1. The second kappa shape index (κ2) is 7.27. The van der Waals surface area contributed by atoms with E-state index in [9.17, 15) is 15.2 Å². The van der Waals surface area contributed by atoms with Crippen molar-refractivity contribution in [3.05, 3.63) is 32.8 Å². The van der Waals surface area contributed by atoms with Crippen LogP contribution in [0, 0.1) is 10.1 Å². The average Bonchev–Trinajstić information content (AvgIpc) is 2.50. The Morgan fingerprint density at radius 2 is 2.04 bits per heavy atom. The Labute approximate surface area is 140 Å². The van der Waals surface area contributed by atoms with Crippen molar-refractivity contribution in [2.24, 2.45) is 4.99 Å². The largest absolute Gasteiger partial charge is 0.502 e. The monoisotopic (exact) mass is 339 g/mol. The van der Waals surface area contributed by atoms with Crippen molar-refractivity contribution in [2.75, 3.05) is 20.6 Å². The zero-order valence-electron chi connectivity index (χ0n) is 13.5. The van der Waals surface area contributed by atoms with Crippen molar-refractivity contribution < 1.29 is 10.0 Å². The van der Waals surface area contributed by atoms with Gasteiger partial charge in [-0.1, -0.05) is 30.9 Å². The summed E-state index contributed by atoms with van der Waals surface area (Å²) in [6.45, 7) is 0.597. The first-order chi connectivity index (χ1) is 10.9. The van der Waals surface area contributed by atoms with E-state index in [2.05, 4.69) is 24.0 Å². The van der Waals surface area contributed by atoms with Gasteiger partial charge in [0.05, 0.1) is 11.5 Å². The van der Waals surface area contributed by atoms with Crippen LogP contribution in [0.25, 0.3) is 0 Å². The molecule has 1 saturated carbocycles. The van der Waals surface area contributed by atoms with Crippen LogP contribution in [0.1, 0.15) is 37.7 Å². The van der Waals surface area contributed by atoms with Crippen LogP contribution in [-0.2, 0) is 0 Å². The minimum absolute atomic E-state index is 0.0227. The Morgan fingerprint density at radius 3 is 2.61 bits per heavy atom. The Kier molecular flexibility index (Phi) is 5.59. The summed E-state index contributed by atoms with van der Waals surface area (Å²) in [6, 6.07) is 2.62. The van der Waals surface area contributed by atoms with E-state index in [4.69, 9.17) is 11.6 Å². The van der Waals surface area contributed by atoms with Gasteiger partial charge >= 0.3 is 5.69 Å². The van der Waals surface area contributed by atoms with Gasteiger partial charge in [0.25, 0.3) is 0 Å². The number of rotatable bonds is 5. The quantitative estimate of drug-likeness (QED) is 0.504. The van der Waals surface area contributed by atoms with E-state index in [1.54, 1.807) is 0 Å². The van der Waals surface area contributed by atoms with E-state index < -0.39 is 16.4 Å². The number of aromatic hydroxyl groups is 1. The second-order valence-corrected chi connectivity index (χ2v) is 6.71. The van der Waals surface area contributed by atoms with Gasteiger partial charge in [-0.3, -0.25) is 15.1 Å². The van der Waals surface area contributed by atoms with Gasteiger partial charge in [-0.2, -0.15) is 0 Å². The molecule has 0 amide bonds. The van der Waals surface area contributed by atoms with Crippen molar-refractivity contribution in [3.63, 3.8) is 0 Å². The van der Waals surface area contributed by atoms with Gasteiger partial charge < -0.3 is 10.0 Å². The Morgan fingerprint density at radius 1 is 1.39 bits per heavy atom. The molecule has 126 valence electrons. The molecule has 23 heavy (non-hydrogen) atoms. The lowest BCUT2D eigenvalue weighted by atomic mass is 9.81. The van der Waals surface area contributed by atoms with E-state index >= 15 is 0 Å². The number of nitrogens with zero attached hydrogens (tertiary/aromatic N) is 3. The summed E-state index contributed by atoms with van der Waals surface area (Å²) in [5.41, 5.74) is -0.109. The number of phenols is 1. The lowest BCUT2D eigenvalue weighted by Gasteiger charge is -2.41. The summed E-state index contributed by atoms with van der Waals surface area (Å²) >= 11 is 5.89. The van der Waals surface area contributed by atoms with E-state index in [-0.39, 0.29) is 16.1 Å². The van der Waals surface area contributed by atoms with Gasteiger partial charge in [-0.05, 0) is 33.0 Å². The summed E-state index contributed by atoms with van der Waals surface area (Å²) < 4.78 is 0. The number of benzene rings is 1. The maximum absolute atomic E-state index is 10.9. The minimum atomic E-state index is -0.652. The molecule has 1 fully saturated rings. The summed E-state index contributed by atoms with van der Waals surface area (Å²) in [5, 5.41) is 21.1. The molecule has 1 aromatic carbocycles. The molecule has 0 heterocycles. The Balaban J connectivity index is 2.21. The summed E-state index contributed by atoms with van der Waals surface area (Å²) in [4.78, 5) is 16.9. The summed E-state index contributed by atoms with van der Waals surface area (Å²) in [7, 11) is 4.12. The fourth-order valence-corrected chi connectivity index (χ4v) is 3.33. The molecule has 2 rings (SSSR count). The molecule has 1 aliphatic rings. The van der Waals surface area contributed by atoms with Gasteiger partial charge in [0, 0.05) is 28.4 Å². The van der Waals surface area contributed by atoms with Crippen LogP contribution in [0.4, 0.5) is 5.69 Å². The van der Waals surface area contributed by atoms with Crippen LogP contribution in [-0.4, -0.2) is 47.3 Å². The summed E-state index contributed by atoms with van der Waals surface area (Å²) in [5.74, 6) is -0.398. The fraction of sp³-hybridized carbons (Fsp3) is 0.562. The number of nitro benzene ring substituents is 1. The van der Waals surface area contributed by atoms with Crippen molar-refractivity contribution in [3.8, 4) is 5.75 Å². The highest BCUT2D eigenvalue weighted by Gasteiger charge is 2.33. The van der Waals surface area contributed by atoms with Crippen LogP contribution in [0.2, 0.25) is 5.02 Å². The van der Waals surface area contributed by atoms with Gasteiger partial charge in [-0.15, -0.1) is 0 Å². The first-order valence-electron chi connectivity index (χ1n) is 7.70. The molecule has 0 spiro atoms. The van der Waals surface area contributed by atoms with Gasteiger partial charge in [0.1, 0.15) is 0 Å². The third kappa shape index (κ3) is 4.00. The van der Waals surface area contributed by atoms with Crippen LogP contribution >= 0.6 is 11.6 Å². The van der Waals surface area contributed by atoms with Crippen LogP contribution in [0.5, 0.6) is 5.75 Å². The number of phenolic OH excluding ortho intramolecular Hbond substituents is 1. The molecular weight excluding hydrogens is 318 g/mol. The zero-order chi connectivity index (χ0) is 17.0. The smallest absolute Gasteiger partial charge is 0.312 e. The van der Waals surface area contributed by atoms with Crippen LogP contribution in [0.3, 0.4) is 0 Å². The second-order valence-electron chi connectivity index (χ2n) is 6.27. The first-order valence-corrected chi connectivity index (χ1v) is 8.08. The number of nitro groups is 1. The number of aliphatic imine (C=N–C) groups is 1. The molecule has 0 unspecified atom stereocenters. The summed E-state index contributed by atoms with van der Waals surface area (Å²) in [6.07, 6.45) is 7.26. The molecule has 1 aromatic rings. The molecule has 7 heteroatoms. The lowest BCUT2D eigenvalue weighted by Crippen LogP contribution is -2.48. The topological polar surface area (TPSA) is 79.0 Å². The maximum Gasteiger partial charge on any atom is 0.312 e. The number of hydrogen-bond donors (Lipinski definition) is 1.